The summed E-state index contributed by atoms with van der Waals surface area (Å²) in [5.41, 5.74) is 8.15. The second-order valence-corrected chi connectivity index (χ2v) is 12.6. The molecule has 0 saturated heterocycles. The van der Waals surface area contributed by atoms with Gasteiger partial charge in [0.2, 0.25) is 0 Å². The monoisotopic (exact) mass is 786 g/mol. The fourth-order valence-corrected chi connectivity index (χ4v) is 6.57. The van der Waals surface area contributed by atoms with Crippen LogP contribution in [0.2, 0.25) is 0 Å². The first kappa shape index (κ1) is 42.9. The minimum atomic E-state index is 0. The first-order valence-electron chi connectivity index (χ1n) is 16.1. The van der Waals surface area contributed by atoms with E-state index in [1.165, 1.54) is 99.8 Å². The molecule has 0 aliphatic rings. The second-order valence-electron chi connectivity index (χ2n) is 12.6. The molecule has 2 radical (unpaired) electrons. The fourth-order valence-electron chi connectivity index (χ4n) is 6.57. The molecule has 0 amide bonds. The molecule has 0 N–H and O–H groups in total. The zero-order valence-electron chi connectivity index (χ0n) is 29.8. The number of fused-ring (bicyclic) bond motifs is 4. The molecule has 0 aromatic heterocycles. The zero-order chi connectivity index (χ0) is 32.2. The number of rotatable bonds is 4. The van der Waals surface area contributed by atoms with Gasteiger partial charge >= 0.3 is 30.2 Å². The predicted molar refractivity (Wildman–Crippen MR) is 226 cm³/mol. The number of halogens is 2. The maximum absolute atomic E-state index is 3.06. The molecule has 8 rings (SSSR count). The van der Waals surface area contributed by atoms with Gasteiger partial charge in [-0.25, -0.2) is 0 Å². The Kier molecular flexibility index (Phi) is 16.6. The van der Waals surface area contributed by atoms with Crippen molar-refractivity contribution in [2.24, 2.45) is 0 Å². The van der Waals surface area contributed by atoms with E-state index < -0.39 is 0 Å². The van der Waals surface area contributed by atoms with E-state index in [1.54, 1.807) is 0 Å². The Bertz CT molecular complexity index is 2100. The minimum absolute atomic E-state index is 0. The van der Waals surface area contributed by atoms with Crippen LogP contribution in [-0.2, 0) is 23.3 Å². The van der Waals surface area contributed by atoms with Crippen molar-refractivity contribution in [3.8, 4) is 22.3 Å². The molecule has 8 aromatic rings. The summed E-state index contributed by atoms with van der Waals surface area (Å²) in [6.07, 6.45) is 0. The van der Waals surface area contributed by atoms with E-state index in [1.807, 2.05) is 0 Å². The standard InChI is InChI=1S/2C22H19.2CH3.2ClH.Si.Zr/c2*1-15(2)18-13-17-9-6-12-21(22(17)14-18)20-11-5-8-16-7-3-4-10-19(16)20;;;;;;/h2*3-15H,1-2H3;2*1H3;2*1H;;/q4*-1;;;;. The van der Waals surface area contributed by atoms with E-state index >= 15 is 0 Å². The van der Waals surface area contributed by atoms with Crippen LogP contribution in [0, 0.1) is 14.9 Å². The van der Waals surface area contributed by atoms with Gasteiger partial charge in [-0.2, -0.15) is 12.1 Å². The molecule has 0 aliphatic carbocycles. The molecule has 0 saturated carbocycles. The van der Waals surface area contributed by atoms with Crippen LogP contribution in [0.5, 0.6) is 0 Å². The second kappa shape index (κ2) is 19.4. The van der Waals surface area contributed by atoms with Crippen LogP contribution in [0.1, 0.15) is 50.7 Å². The van der Waals surface area contributed by atoms with Crippen molar-refractivity contribution in [3.05, 3.63) is 172 Å². The van der Waals surface area contributed by atoms with E-state index in [9.17, 15) is 0 Å². The maximum atomic E-state index is 3.06. The third kappa shape index (κ3) is 8.78. The van der Waals surface area contributed by atoms with E-state index in [-0.39, 0.29) is 39.7 Å². The molecule has 0 aliphatic heterocycles. The summed E-state index contributed by atoms with van der Waals surface area (Å²) < 4.78 is 0. The fraction of sp³-hybridized carbons (Fsp3) is 0.130. The van der Waals surface area contributed by atoms with Crippen LogP contribution in [0.3, 0.4) is 0 Å². The quantitative estimate of drug-likeness (QED) is 0.123. The third-order valence-corrected chi connectivity index (χ3v) is 9.04. The normalized spacial score (nSPS) is 10.3. The molecule has 0 spiro atoms. The molecule has 0 atom stereocenters. The van der Waals surface area contributed by atoms with E-state index in [4.69, 9.17) is 0 Å². The van der Waals surface area contributed by atoms with Crippen molar-refractivity contribution < 1.29 is 23.3 Å². The van der Waals surface area contributed by atoms with Crippen LogP contribution >= 0.6 is 24.8 Å². The molecule has 0 fully saturated rings. The predicted octanol–water partition coefficient (Wildman–Crippen LogP) is 14.4. The molecular weight excluding hydrogens is 743 g/mol. The van der Waals surface area contributed by atoms with Gasteiger partial charge in [0.15, 0.2) is 0 Å². The summed E-state index contributed by atoms with van der Waals surface area (Å²) in [5.74, 6) is 1.13. The number of hydrogen-bond donors (Lipinski definition) is 0. The van der Waals surface area contributed by atoms with Crippen LogP contribution in [0.4, 0.5) is 0 Å². The van der Waals surface area contributed by atoms with Crippen LogP contribution < -0.4 is 0 Å². The van der Waals surface area contributed by atoms with Crippen molar-refractivity contribution in [2.75, 3.05) is 0 Å². The molecule has 0 unspecified atom stereocenters. The van der Waals surface area contributed by atoms with Gasteiger partial charge in [0, 0.05) is 0 Å². The van der Waals surface area contributed by atoms with Gasteiger partial charge < -0.3 is 14.9 Å². The number of benzene rings is 6. The molecular formula is C46H46Cl2SiZr-4. The van der Waals surface area contributed by atoms with Crippen molar-refractivity contribution >= 4 is 74.8 Å². The van der Waals surface area contributed by atoms with Gasteiger partial charge in [-0.3, -0.25) is 0 Å². The summed E-state index contributed by atoms with van der Waals surface area (Å²) in [7, 11) is 0. The molecule has 50 heavy (non-hydrogen) atoms. The van der Waals surface area contributed by atoms with Crippen LogP contribution in [-0.4, -0.2) is 6.88 Å². The van der Waals surface area contributed by atoms with Gasteiger partial charge in [0.25, 0.3) is 0 Å². The van der Waals surface area contributed by atoms with Crippen LogP contribution in [0.25, 0.3) is 65.3 Å². The van der Waals surface area contributed by atoms with E-state index in [2.05, 4.69) is 180 Å². The molecule has 8 aromatic carbocycles. The Morgan fingerprint density at radius 1 is 0.420 bits per heavy atom. The van der Waals surface area contributed by atoms with Gasteiger partial charge in [0.1, 0.15) is 0 Å². The zero-order valence-corrected chi connectivity index (χ0v) is 34.9. The summed E-state index contributed by atoms with van der Waals surface area (Å²) in [4.78, 5) is 0. The third-order valence-electron chi connectivity index (χ3n) is 9.04. The van der Waals surface area contributed by atoms with Gasteiger partial charge in [0.05, 0.1) is 0 Å². The molecule has 256 valence electrons. The van der Waals surface area contributed by atoms with E-state index in [0.717, 1.165) is 0 Å². The Hall–Kier alpha value is -3.26. The molecule has 0 bridgehead atoms. The Labute approximate surface area is 329 Å². The number of hydrogen-bond acceptors (Lipinski definition) is 0. The van der Waals surface area contributed by atoms with Crippen molar-refractivity contribution in [1.82, 2.24) is 0 Å². The summed E-state index contributed by atoms with van der Waals surface area (Å²) in [6, 6.07) is 53.0. The Balaban J connectivity index is 0.000000307. The average molecular weight is 789 g/mol. The van der Waals surface area contributed by atoms with E-state index in [0.29, 0.717) is 11.8 Å². The van der Waals surface area contributed by atoms with Gasteiger partial charge in [-0.05, 0) is 44.5 Å². The topological polar surface area (TPSA) is 0 Å². The first-order valence-corrected chi connectivity index (χ1v) is 20.3. The molecule has 4 heteroatoms. The SMILES string of the molecule is CC(C)c1cc2c(-c3cccc4ccccc34)cccc2[cH-]1.CC(C)c1cc2c(-c3cccc4ccccc34)cccc2[cH-]1.Cl.Cl.[CH3-].[CH3-].[Si]=[Zr]. The molecule has 0 heterocycles. The first-order chi connectivity index (χ1) is 22.5. The van der Waals surface area contributed by atoms with Crippen molar-refractivity contribution in [3.63, 3.8) is 0 Å². The summed E-state index contributed by atoms with van der Waals surface area (Å²) in [6.45, 7) is 12.1. The average Bonchev–Trinajstić information content (AvgIpc) is 3.75. The Morgan fingerprint density at radius 3 is 1.08 bits per heavy atom. The van der Waals surface area contributed by atoms with Gasteiger partial charge in [-0.1, -0.05) is 136 Å². The summed E-state index contributed by atoms with van der Waals surface area (Å²) in [5, 5.41) is 10.7. The van der Waals surface area contributed by atoms with Gasteiger partial charge in [-0.15, -0.1) is 93.9 Å². The summed E-state index contributed by atoms with van der Waals surface area (Å²) >= 11 is 1.36. The van der Waals surface area contributed by atoms with Crippen molar-refractivity contribution in [1.29, 1.82) is 0 Å². The molecule has 0 nitrogen and oxygen atoms in total. The van der Waals surface area contributed by atoms with Crippen molar-refractivity contribution in [2.45, 2.75) is 39.5 Å². The van der Waals surface area contributed by atoms with Crippen LogP contribution in [0.15, 0.2) is 146 Å². The Morgan fingerprint density at radius 2 is 0.720 bits per heavy atom.